The van der Waals surface area contributed by atoms with E-state index < -0.39 is 0 Å². The van der Waals surface area contributed by atoms with E-state index in [0.29, 0.717) is 25.4 Å². The number of rotatable bonds is 6. The maximum absolute atomic E-state index is 11.4. The Kier molecular flexibility index (Phi) is 6.58. The Morgan fingerprint density at radius 3 is 2.64 bits per heavy atom. The van der Waals surface area contributed by atoms with Gasteiger partial charge in [-0.05, 0) is 17.9 Å². The fourth-order valence-electron chi connectivity index (χ4n) is 0.870. The van der Waals surface area contributed by atoms with E-state index in [-0.39, 0.29) is 11.8 Å². The van der Waals surface area contributed by atoms with Crippen LogP contribution >= 0.6 is 0 Å². The van der Waals surface area contributed by atoms with Gasteiger partial charge in [-0.15, -0.1) is 0 Å². The fraction of sp³-hybridized carbons (Fsp3) is 0.889. The molecule has 1 unspecified atom stereocenters. The number of nitrogens with zero attached hydrogens (tertiary/aromatic N) is 3. The standard InChI is InChI=1S/C9H18N4O/c1-7(2)8(3)9(14)11-5-4-6-12-13-10/h7-8H,4-6H2,1-3H3,(H,11,14). The third-order valence-corrected chi connectivity index (χ3v) is 2.21. The highest BCUT2D eigenvalue weighted by Crippen LogP contribution is 2.08. The topological polar surface area (TPSA) is 77.9 Å². The summed E-state index contributed by atoms with van der Waals surface area (Å²) in [6.45, 7) is 6.96. The summed E-state index contributed by atoms with van der Waals surface area (Å²) in [5.41, 5.74) is 8.01. The smallest absolute Gasteiger partial charge is 0.223 e. The van der Waals surface area contributed by atoms with Gasteiger partial charge in [-0.25, -0.2) is 0 Å². The lowest BCUT2D eigenvalue weighted by atomic mass is 9.97. The second-order valence-electron chi connectivity index (χ2n) is 3.63. The van der Waals surface area contributed by atoms with E-state index in [9.17, 15) is 4.79 Å². The van der Waals surface area contributed by atoms with Crippen LogP contribution in [0.1, 0.15) is 27.2 Å². The molecule has 1 N–H and O–H groups in total. The third kappa shape index (κ3) is 5.43. The van der Waals surface area contributed by atoms with Crippen LogP contribution in [0.25, 0.3) is 10.4 Å². The summed E-state index contributed by atoms with van der Waals surface area (Å²) in [5.74, 6) is 0.461. The van der Waals surface area contributed by atoms with Crippen LogP contribution in [0.15, 0.2) is 5.11 Å². The summed E-state index contributed by atoms with van der Waals surface area (Å²) in [7, 11) is 0. The lowest BCUT2D eigenvalue weighted by Gasteiger charge is -2.14. The number of nitrogens with one attached hydrogen (secondary N) is 1. The van der Waals surface area contributed by atoms with Crippen LogP contribution in [-0.4, -0.2) is 19.0 Å². The van der Waals surface area contributed by atoms with Crippen LogP contribution in [0.5, 0.6) is 0 Å². The first-order chi connectivity index (χ1) is 6.59. The van der Waals surface area contributed by atoms with Gasteiger partial charge in [0.05, 0.1) is 0 Å². The highest BCUT2D eigenvalue weighted by molar-refractivity contribution is 5.78. The SMILES string of the molecule is CC(C)C(C)C(=O)NCCCN=[N+]=[N-]. The molecule has 0 radical (unpaired) electrons. The van der Waals surface area contributed by atoms with E-state index in [1.807, 2.05) is 20.8 Å². The number of carbonyl (C=O) groups is 1. The first kappa shape index (κ1) is 12.8. The minimum Gasteiger partial charge on any atom is -0.356 e. The molecule has 0 bridgehead atoms. The Morgan fingerprint density at radius 1 is 1.50 bits per heavy atom. The molecule has 14 heavy (non-hydrogen) atoms. The molecule has 0 aromatic heterocycles. The molecule has 0 aliphatic heterocycles. The van der Waals surface area contributed by atoms with Gasteiger partial charge in [0.2, 0.25) is 5.91 Å². The van der Waals surface area contributed by atoms with Crippen molar-refractivity contribution in [3.8, 4) is 0 Å². The van der Waals surface area contributed by atoms with E-state index in [1.165, 1.54) is 0 Å². The Morgan fingerprint density at radius 2 is 2.14 bits per heavy atom. The van der Waals surface area contributed by atoms with Crippen molar-refractivity contribution in [1.29, 1.82) is 0 Å². The number of carbonyl (C=O) groups excluding carboxylic acids is 1. The average Bonchev–Trinajstić information content (AvgIpc) is 2.16. The summed E-state index contributed by atoms with van der Waals surface area (Å²) in [5, 5.41) is 6.18. The molecule has 0 saturated carbocycles. The van der Waals surface area contributed by atoms with Gasteiger partial charge >= 0.3 is 0 Å². The van der Waals surface area contributed by atoms with Crippen LogP contribution in [-0.2, 0) is 4.79 Å². The minimum atomic E-state index is 0.0365. The Bertz CT molecular complexity index is 221. The van der Waals surface area contributed by atoms with Gasteiger partial charge < -0.3 is 5.32 Å². The van der Waals surface area contributed by atoms with Crippen LogP contribution in [0, 0.1) is 11.8 Å². The highest BCUT2D eigenvalue weighted by atomic mass is 16.1. The molecule has 0 fully saturated rings. The first-order valence-corrected chi connectivity index (χ1v) is 4.88. The maximum Gasteiger partial charge on any atom is 0.223 e. The highest BCUT2D eigenvalue weighted by Gasteiger charge is 2.15. The Balaban J connectivity index is 3.58. The van der Waals surface area contributed by atoms with Crippen LogP contribution in [0.2, 0.25) is 0 Å². The van der Waals surface area contributed by atoms with Gasteiger partial charge in [0, 0.05) is 23.9 Å². The predicted molar refractivity (Wildman–Crippen MR) is 55.6 cm³/mol. The Labute approximate surface area is 84.5 Å². The van der Waals surface area contributed by atoms with Crippen molar-refractivity contribution in [2.24, 2.45) is 17.0 Å². The number of hydrogen-bond acceptors (Lipinski definition) is 2. The summed E-state index contributed by atoms with van der Waals surface area (Å²) < 4.78 is 0. The molecule has 0 saturated heterocycles. The summed E-state index contributed by atoms with van der Waals surface area (Å²) in [6, 6.07) is 0. The van der Waals surface area contributed by atoms with Gasteiger partial charge in [-0.2, -0.15) is 0 Å². The van der Waals surface area contributed by atoms with Crippen LogP contribution in [0.4, 0.5) is 0 Å². The number of hydrogen-bond donors (Lipinski definition) is 1. The lowest BCUT2D eigenvalue weighted by molar-refractivity contribution is -0.125. The summed E-state index contributed by atoms with van der Waals surface area (Å²) in [4.78, 5) is 14.0. The second kappa shape index (κ2) is 7.21. The Hall–Kier alpha value is -1.22. The molecule has 0 heterocycles. The monoisotopic (exact) mass is 198 g/mol. The molecule has 0 aliphatic carbocycles. The lowest BCUT2D eigenvalue weighted by Crippen LogP contribution is -2.32. The molecule has 0 aromatic rings. The van der Waals surface area contributed by atoms with E-state index >= 15 is 0 Å². The molecule has 1 atom stereocenters. The van der Waals surface area contributed by atoms with Crippen molar-refractivity contribution >= 4 is 5.91 Å². The van der Waals surface area contributed by atoms with Gasteiger partial charge in [0.1, 0.15) is 0 Å². The zero-order valence-electron chi connectivity index (χ0n) is 9.03. The molecule has 0 spiro atoms. The number of amides is 1. The third-order valence-electron chi connectivity index (χ3n) is 2.21. The zero-order valence-corrected chi connectivity index (χ0v) is 9.03. The zero-order chi connectivity index (χ0) is 11.0. The molecule has 0 rings (SSSR count). The van der Waals surface area contributed by atoms with E-state index in [1.54, 1.807) is 0 Å². The van der Waals surface area contributed by atoms with Crippen molar-refractivity contribution in [3.63, 3.8) is 0 Å². The molecule has 0 aromatic carbocycles. The first-order valence-electron chi connectivity index (χ1n) is 4.88. The molecular weight excluding hydrogens is 180 g/mol. The van der Waals surface area contributed by atoms with Gasteiger partial charge in [-0.1, -0.05) is 25.9 Å². The predicted octanol–water partition coefficient (Wildman–Crippen LogP) is 2.10. The normalized spacial score (nSPS) is 12.0. The van der Waals surface area contributed by atoms with Crippen molar-refractivity contribution in [1.82, 2.24) is 5.32 Å². The van der Waals surface area contributed by atoms with E-state index in [0.717, 1.165) is 0 Å². The van der Waals surface area contributed by atoms with E-state index in [2.05, 4.69) is 15.3 Å². The van der Waals surface area contributed by atoms with Crippen LogP contribution in [0.3, 0.4) is 0 Å². The largest absolute Gasteiger partial charge is 0.356 e. The summed E-state index contributed by atoms with van der Waals surface area (Å²) in [6.07, 6.45) is 0.695. The van der Waals surface area contributed by atoms with Crippen LogP contribution < -0.4 is 5.32 Å². The molecular formula is C9H18N4O. The van der Waals surface area contributed by atoms with Crippen molar-refractivity contribution in [2.75, 3.05) is 13.1 Å². The maximum atomic E-state index is 11.4. The minimum absolute atomic E-state index is 0.0365. The molecule has 0 aliphatic rings. The number of azide groups is 1. The average molecular weight is 198 g/mol. The van der Waals surface area contributed by atoms with Gasteiger partial charge in [0.25, 0.3) is 0 Å². The van der Waals surface area contributed by atoms with Gasteiger partial charge in [0.15, 0.2) is 0 Å². The van der Waals surface area contributed by atoms with Crippen molar-refractivity contribution < 1.29 is 4.79 Å². The fourth-order valence-corrected chi connectivity index (χ4v) is 0.870. The molecule has 5 heteroatoms. The molecule has 1 amide bonds. The quantitative estimate of drug-likeness (QED) is 0.301. The van der Waals surface area contributed by atoms with Crippen molar-refractivity contribution in [3.05, 3.63) is 10.4 Å². The molecule has 80 valence electrons. The summed E-state index contributed by atoms with van der Waals surface area (Å²) >= 11 is 0. The van der Waals surface area contributed by atoms with E-state index in [4.69, 9.17) is 5.53 Å². The second-order valence-corrected chi connectivity index (χ2v) is 3.63. The molecule has 5 nitrogen and oxygen atoms in total. The van der Waals surface area contributed by atoms with Crippen molar-refractivity contribution in [2.45, 2.75) is 27.2 Å². The van der Waals surface area contributed by atoms with Gasteiger partial charge in [-0.3, -0.25) is 4.79 Å².